The normalized spacial score (nSPS) is 15.6. The lowest BCUT2D eigenvalue weighted by Crippen LogP contribution is -2.18. The monoisotopic (exact) mass is 186 g/mol. The van der Waals surface area contributed by atoms with Gasteiger partial charge in [0, 0.05) is 11.9 Å². The number of nitrogens with one attached hydrogen (secondary N) is 1. The minimum Gasteiger partial charge on any atom is -0.464 e. The number of amidine groups is 1. The molecule has 0 saturated heterocycles. The van der Waals surface area contributed by atoms with Gasteiger partial charge in [-0.25, -0.2) is 0 Å². The lowest BCUT2D eigenvalue weighted by atomic mass is 10.1. The SMILES string of the molecule is c1ccc2c(C3=NCCN3)coc2c1. The maximum Gasteiger partial charge on any atom is 0.134 e. The van der Waals surface area contributed by atoms with Crippen LogP contribution in [0.3, 0.4) is 0 Å². The molecule has 1 aliphatic heterocycles. The summed E-state index contributed by atoms with van der Waals surface area (Å²) in [4.78, 5) is 4.37. The van der Waals surface area contributed by atoms with E-state index >= 15 is 0 Å². The first-order valence-corrected chi connectivity index (χ1v) is 4.70. The van der Waals surface area contributed by atoms with Crippen molar-refractivity contribution in [1.82, 2.24) is 5.32 Å². The Morgan fingerprint density at radius 1 is 1.29 bits per heavy atom. The second-order valence-electron chi connectivity index (χ2n) is 3.30. The van der Waals surface area contributed by atoms with Crippen molar-refractivity contribution in [1.29, 1.82) is 0 Å². The van der Waals surface area contributed by atoms with Gasteiger partial charge in [-0.3, -0.25) is 4.99 Å². The van der Waals surface area contributed by atoms with Crippen LogP contribution in [0.5, 0.6) is 0 Å². The maximum atomic E-state index is 5.44. The molecule has 0 saturated carbocycles. The molecule has 70 valence electrons. The van der Waals surface area contributed by atoms with Gasteiger partial charge in [0.15, 0.2) is 0 Å². The number of rotatable bonds is 1. The van der Waals surface area contributed by atoms with E-state index in [0.29, 0.717) is 0 Å². The molecule has 0 aliphatic carbocycles. The van der Waals surface area contributed by atoms with E-state index in [1.54, 1.807) is 6.26 Å². The molecule has 0 amide bonds. The highest BCUT2D eigenvalue weighted by Gasteiger charge is 2.13. The summed E-state index contributed by atoms with van der Waals surface area (Å²) in [5, 5.41) is 4.37. The molecule has 1 N–H and O–H groups in total. The second-order valence-corrected chi connectivity index (χ2v) is 3.30. The highest BCUT2D eigenvalue weighted by atomic mass is 16.3. The predicted molar refractivity (Wildman–Crippen MR) is 55.6 cm³/mol. The van der Waals surface area contributed by atoms with E-state index in [4.69, 9.17) is 4.42 Å². The largest absolute Gasteiger partial charge is 0.464 e. The van der Waals surface area contributed by atoms with Gasteiger partial charge >= 0.3 is 0 Å². The lowest BCUT2D eigenvalue weighted by molar-refractivity contribution is 0.615. The van der Waals surface area contributed by atoms with Gasteiger partial charge in [-0.05, 0) is 6.07 Å². The van der Waals surface area contributed by atoms with Crippen molar-refractivity contribution in [2.45, 2.75) is 0 Å². The Morgan fingerprint density at radius 2 is 2.21 bits per heavy atom. The Hall–Kier alpha value is -1.77. The van der Waals surface area contributed by atoms with Crippen LogP contribution in [0.2, 0.25) is 0 Å². The summed E-state index contributed by atoms with van der Waals surface area (Å²) in [7, 11) is 0. The number of para-hydroxylation sites is 1. The van der Waals surface area contributed by atoms with E-state index in [2.05, 4.69) is 16.4 Å². The summed E-state index contributed by atoms with van der Waals surface area (Å²) in [5.41, 5.74) is 1.98. The van der Waals surface area contributed by atoms with Crippen LogP contribution in [0.15, 0.2) is 39.9 Å². The molecule has 1 aliphatic rings. The van der Waals surface area contributed by atoms with Crippen LogP contribution in [0, 0.1) is 0 Å². The van der Waals surface area contributed by atoms with E-state index in [0.717, 1.165) is 35.5 Å². The predicted octanol–water partition coefficient (Wildman–Crippen LogP) is 1.78. The number of hydrogen-bond donors (Lipinski definition) is 1. The van der Waals surface area contributed by atoms with E-state index < -0.39 is 0 Å². The third-order valence-electron chi connectivity index (χ3n) is 2.41. The van der Waals surface area contributed by atoms with E-state index in [1.807, 2.05) is 18.2 Å². The zero-order valence-corrected chi connectivity index (χ0v) is 7.66. The molecule has 2 aromatic rings. The number of furan rings is 1. The minimum absolute atomic E-state index is 0.856. The molecule has 1 aromatic heterocycles. The number of aliphatic imine (C=N–C) groups is 1. The third kappa shape index (κ3) is 1.02. The molecule has 0 radical (unpaired) electrons. The third-order valence-corrected chi connectivity index (χ3v) is 2.41. The molecule has 14 heavy (non-hydrogen) atoms. The molecule has 0 bridgehead atoms. The zero-order valence-electron chi connectivity index (χ0n) is 7.66. The molecule has 3 rings (SSSR count). The number of fused-ring (bicyclic) bond motifs is 1. The van der Waals surface area contributed by atoms with Gasteiger partial charge < -0.3 is 9.73 Å². The fraction of sp³-hybridized carbons (Fsp3) is 0.182. The topological polar surface area (TPSA) is 37.5 Å². The quantitative estimate of drug-likeness (QED) is 0.737. The maximum absolute atomic E-state index is 5.44. The van der Waals surface area contributed by atoms with Gasteiger partial charge in [-0.15, -0.1) is 0 Å². The van der Waals surface area contributed by atoms with Gasteiger partial charge in [0.05, 0.1) is 12.1 Å². The fourth-order valence-corrected chi connectivity index (χ4v) is 1.74. The first kappa shape index (κ1) is 7.62. The second kappa shape index (κ2) is 2.87. The Labute approximate surface area is 81.4 Å². The van der Waals surface area contributed by atoms with E-state index in [9.17, 15) is 0 Å². The molecule has 0 unspecified atom stereocenters. The van der Waals surface area contributed by atoms with Crippen molar-refractivity contribution in [3.63, 3.8) is 0 Å². The van der Waals surface area contributed by atoms with Crippen molar-refractivity contribution in [3.05, 3.63) is 36.1 Å². The van der Waals surface area contributed by atoms with Crippen LogP contribution in [0.25, 0.3) is 11.0 Å². The van der Waals surface area contributed by atoms with E-state index in [-0.39, 0.29) is 0 Å². The molecule has 0 fully saturated rings. The summed E-state index contributed by atoms with van der Waals surface area (Å²) in [5.74, 6) is 0.954. The number of nitrogens with zero attached hydrogens (tertiary/aromatic N) is 1. The van der Waals surface area contributed by atoms with Crippen LogP contribution in [0.4, 0.5) is 0 Å². The van der Waals surface area contributed by atoms with Gasteiger partial charge in [-0.1, -0.05) is 18.2 Å². The van der Waals surface area contributed by atoms with Crippen LogP contribution in [-0.2, 0) is 0 Å². The van der Waals surface area contributed by atoms with Crippen LogP contribution < -0.4 is 5.32 Å². The molecule has 2 heterocycles. The standard InChI is InChI=1S/C11H10N2O/c1-2-4-10-8(3-1)9(7-14-10)11-12-5-6-13-11/h1-4,7H,5-6H2,(H,12,13). The summed E-state index contributed by atoms with van der Waals surface area (Å²) in [6.07, 6.45) is 1.77. The molecule has 0 spiro atoms. The minimum atomic E-state index is 0.856. The highest BCUT2D eigenvalue weighted by molar-refractivity contribution is 6.09. The smallest absolute Gasteiger partial charge is 0.134 e. The molecular formula is C11H10N2O. The van der Waals surface area contributed by atoms with Gasteiger partial charge in [-0.2, -0.15) is 0 Å². The van der Waals surface area contributed by atoms with Crippen molar-refractivity contribution < 1.29 is 4.42 Å². The first-order chi connectivity index (χ1) is 6.95. The fourth-order valence-electron chi connectivity index (χ4n) is 1.74. The van der Waals surface area contributed by atoms with Gasteiger partial charge in [0.25, 0.3) is 0 Å². The lowest BCUT2D eigenvalue weighted by Gasteiger charge is -1.97. The molecule has 3 heteroatoms. The zero-order chi connectivity index (χ0) is 9.38. The average Bonchev–Trinajstić information content (AvgIpc) is 2.85. The molecule has 3 nitrogen and oxygen atoms in total. The van der Waals surface area contributed by atoms with Crippen LogP contribution >= 0.6 is 0 Å². The van der Waals surface area contributed by atoms with Crippen molar-refractivity contribution in [2.75, 3.05) is 13.1 Å². The molecule has 1 aromatic carbocycles. The summed E-state index contributed by atoms with van der Waals surface area (Å²) >= 11 is 0. The van der Waals surface area contributed by atoms with Crippen LogP contribution in [-0.4, -0.2) is 18.9 Å². The molecule has 0 atom stereocenters. The Morgan fingerprint density at radius 3 is 3.07 bits per heavy atom. The average molecular weight is 186 g/mol. The van der Waals surface area contributed by atoms with Gasteiger partial charge in [0.2, 0.25) is 0 Å². The Kier molecular flexibility index (Phi) is 1.56. The first-order valence-electron chi connectivity index (χ1n) is 4.70. The number of benzene rings is 1. The Bertz CT molecular complexity index is 499. The summed E-state index contributed by atoms with van der Waals surface area (Å²) < 4.78 is 5.44. The van der Waals surface area contributed by atoms with Crippen molar-refractivity contribution >= 4 is 16.8 Å². The van der Waals surface area contributed by atoms with Crippen LogP contribution in [0.1, 0.15) is 5.56 Å². The highest BCUT2D eigenvalue weighted by Crippen LogP contribution is 2.21. The summed E-state index contributed by atoms with van der Waals surface area (Å²) in [6.45, 7) is 1.78. The van der Waals surface area contributed by atoms with Gasteiger partial charge in [0.1, 0.15) is 17.7 Å². The number of hydrogen-bond acceptors (Lipinski definition) is 3. The van der Waals surface area contributed by atoms with Crippen molar-refractivity contribution in [2.24, 2.45) is 4.99 Å². The van der Waals surface area contributed by atoms with Crippen molar-refractivity contribution in [3.8, 4) is 0 Å². The van der Waals surface area contributed by atoms with E-state index in [1.165, 1.54) is 0 Å². The molecular weight excluding hydrogens is 176 g/mol. The Balaban J connectivity index is 2.21. The summed E-state index contributed by atoms with van der Waals surface area (Å²) in [6, 6.07) is 8.00.